The second-order valence-electron chi connectivity index (χ2n) is 3.75. The Hall–Kier alpha value is -2.45. The highest BCUT2D eigenvalue weighted by Crippen LogP contribution is 2.14. The summed E-state index contributed by atoms with van der Waals surface area (Å²) in [6.45, 7) is 0. The first-order chi connectivity index (χ1) is 9.19. The molecule has 3 nitrogen and oxygen atoms in total. The number of nitrogens with zero attached hydrogens (tertiary/aromatic N) is 1. The first kappa shape index (κ1) is 13.0. The lowest BCUT2D eigenvalue weighted by molar-refractivity contribution is 0.624. The van der Waals surface area contributed by atoms with Crippen molar-refractivity contribution in [3.63, 3.8) is 0 Å². The average Bonchev–Trinajstić information content (AvgIpc) is 2.42. The zero-order chi connectivity index (χ0) is 13.7. The van der Waals surface area contributed by atoms with E-state index >= 15 is 0 Å². The van der Waals surface area contributed by atoms with Gasteiger partial charge in [0, 0.05) is 11.4 Å². The molecule has 0 aromatic heterocycles. The zero-order valence-corrected chi connectivity index (χ0v) is 10.7. The third-order valence-electron chi connectivity index (χ3n) is 2.38. The maximum absolute atomic E-state index is 13.2. The van der Waals surface area contributed by atoms with Crippen molar-refractivity contribution < 1.29 is 4.39 Å². The standard InChI is InChI=1S/C14H10FN3S/c15-13-7-6-12(8-10(13)9-16)18-14(19)17-11-4-2-1-3-5-11/h1-8H,(H2,17,18,19). The molecule has 2 aromatic carbocycles. The van der Waals surface area contributed by atoms with Gasteiger partial charge in [0.25, 0.3) is 0 Å². The molecule has 0 amide bonds. The topological polar surface area (TPSA) is 47.9 Å². The van der Waals surface area contributed by atoms with E-state index in [-0.39, 0.29) is 5.56 Å². The Kier molecular flexibility index (Phi) is 4.06. The number of rotatable bonds is 2. The Labute approximate surface area is 115 Å². The van der Waals surface area contributed by atoms with Gasteiger partial charge in [-0.15, -0.1) is 0 Å². The molecule has 0 aliphatic heterocycles. The third-order valence-corrected chi connectivity index (χ3v) is 2.58. The fourth-order valence-corrected chi connectivity index (χ4v) is 1.74. The average molecular weight is 271 g/mol. The van der Waals surface area contributed by atoms with E-state index < -0.39 is 5.82 Å². The van der Waals surface area contributed by atoms with E-state index in [0.29, 0.717) is 10.8 Å². The van der Waals surface area contributed by atoms with Crippen molar-refractivity contribution in [2.75, 3.05) is 10.6 Å². The van der Waals surface area contributed by atoms with Gasteiger partial charge in [0.2, 0.25) is 0 Å². The van der Waals surface area contributed by atoms with Gasteiger partial charge in [0.1, 0.15) is 11.9 Å². The van der Waals surface area contributed by atoms with Crippen LogP contribution in [0.2, 0.25) is 0 Å². The van der Waals surface area contributed by atoms with Crippen LogP contribution in [0.15, 0.2) is 48.5 Å². The SMILES string of the molecule is N#Cc1cc(NC(=S)Nc2ccccc2)ccc1F. The summed E-state index contributed by atoms with van der Waals surface area (Å²) in [7, 11) is 0. The van der Waals surface area contributed by atoms with Crippen LogP contribution in [0.1, 0.15) is 5.56 Å². The van der Waals surface area contributed by atoms with Gasteiger partial charge >= 0.3 is 0 Å². The molecule has 2 aromatic rings. The summed E-state index contributed by atoms with van der Waals surface area (Å²) >= 11 is 5.13. The lowest BCUT2D eigenvalue weighted by Crippen LogP contribution is -2.19. The highest BCUT2D eigenvalue weighted by atomic mass is 32.1. The second-order valence-corrected chi connectivity index (χ2v) is 4.16. The van der Waals surface area contributed by atoms with E-state index in [2.05, 4.69) is 10.6 Å². The summed E-state index contributed by atoms with van der Waals surface area (Å²) in [4.78, 5) is 0. The molecule has 2 N–H and O–H groups in total. The van der Waals surface area contributed by atoms with Gasteiger partial charge in [0.15, 0.2) is 5.11 Å². The number of benzene rings is 2. The summed E-state index contributed by atoms with van der Waals surface area (Å²) in [6.07, 6.45) is 0. The van der Waals surface area contributed by atoms with E-state index in [1.54, 1.807) is 6.07 Å². The molecule has 2 rings (SSSR count). The summed E-state index contributed by atoms with van der Waals surface area (Å²) < 4.78 is 13.2. The summed E-state index contributed by atoms with van der Waals surface area (Å²) in [6, 6.07) is 15.4. The van der Waals surface area contributed by atoms with Gasteiger partial charge < -0.3 is 10.6 Å². The molecule has 5 heteroatoms. The molecule has 0 saturated carbocycles. The van der Waals surface area contributed by atoms with Crippen molar-refractivity contribution in [2.45, 2.75) is 0 Å². The highest BCUT2D eigenvalue weighted by molar-refractivity contribution is 7.80. The highest BCUT2D eigenvalue weighted by Gasteiger charge is 2.04. The van der Waals surface area contributed by atoms with Gasteiger partial charge in [-0.1, -0.05) is 18.2 Å². The van der Waals surface area contributed by atoms with Crippen LogP contribution < -0.4 is 10.6 Å². The number of hydrogen-bond acceptors (Lipinski definition) is 2. The summed E-state index contributed by atoms with van der Waals surface area (Å²) in [5.74, 6) is -0.546. The smallest absolute Gasteiger partial charge is 0.175 e. The molecule has 0 spiro atoms. The van der Waals surface area contributed by atoms with Crippen molar-refractivity contribution in [1.29, 1.82) is 5.26 Å². The molecule has 0 saturated heterocycles. The number of anilines is 2. The molecule has 0 heterocycles. The van der Waals surface area contributed by atoms with E-state index in [1.165, 1.54) is 18.2 Å². The van der Waals surface area contributed by atoms with E-state index in [9.17, 15) is 4.39 Å². The van der Waals surface area contributed by atoms with Gasteiger partial charge in [-0.2, -0.15) is 5.26 Å². The molecule has 0 radical (unpaired) electrons. The van der Waals surface area contributed by atoms with Crippen LogP contribution in [0.5, 0.6) is 0 Å². The summed E-state index contributed by atoms with van der Waals surface area (Å²) in [5.41, 5.74) is 1.39. The fraction of sp³-hybridized carbons (Fsp3) is 0. The van der Waals surface area contributed by atoms with Crippen molar-refractivity contribution >= 4 is 28.7 Å². The normalized spacial score (nSPS) is 9.47. The fourth-order valence-electron chi connectivity index (χ4n) is 1.50. The van der Waals surface area contributed by atoms with Gasteiger partial charge in [-0.3, -0.25) is 0 Å². The van der Waals surface area contributed by atoms with Crippen LogP contribution in [0.3, 0.4) is 0 Å². The Bertz CT molecular complexity index is 635. The number of para-hydroxylation sites is 1. The van der Waals surface area contributed by atoms with Crippen LogP contribution in [-0.4, -0.2) is 5.11 Å². The maximum Gasteiger partial charge on any atom is 0.175 e. The van der Waals surface area contributed by atoms with Crippen LogP contribution in [-0.2, 0) is 0 Å². The van der Waals surface area contributed by atoms with Crippen LogP contribution in [0.25, 0.3) is 0 Å². The molecular weight excluding hydrogens is 261 g/mol. The molecular formula is C14H10FN3S. The maximum atomic E-state index is 13.2. The lowest BCUT2D eigenvalue weighted by atomic mass is 10.2. The lowest BCUT2D eigenvalue weighted by Gasteiger charge is -2.10. The minimum Gasteiger partial charge on any atom is -0.332 e. The van der Waals surface area contributed by atoms with Gasteiger partial charge in [-0.05, 0) is 42.5 Å². The number of halogens is 1. The van der Waals surface area contributed by atoms with Crippen molar-refractivity contribution in [1.82, 2.24) is 0 Å². The van der Waals surface area contributed by atoms with Crippen LogP contribution >= 0.6 is 12.2 Å². The third kappa shape index (κ3) is 3.50. The summed E-state index contributed by atoms with van der Waals surface area (Å²) in [5, 5.41) is 15.0. The predicted octanol–water partition coefficient (Wildman–Crippen LogP) is 3.51. The minimum atomic E-state index is -0.546. The molecule has 0 unspecified atom stereocenters. The molecule has 94 valence electrons. The van der Waals surface area contributed by atoms with E-state index in [4.69, 9.17) is 17.5 Å². The van der Waals surface area contributed by atoms with Crippen molar-refractivity contribution in [3.05, 3.63) is 59.9 Å². The Morgan fingerprint density at radius 2 is 1.74 bits per heavy atom. The molecule has 19 heavy (non-hydrogen) atoms. The van der Waals surface area contributed by atoms with Crippen molar-refractivity contribution in [3.8, 4) is 6.07 Å². The monoisotopic (exact) mass is 271 g/mol. The van der Waals surface area contributed by atoms with Gasteiger partial charge in [-0.25, -0.2) is 4.39 Å². The Morgan fingerprint density at radius 3 is 2.42 bits per heavy atom. The van der Waals surface area contributed by atoms with Gasteiger partial charge in [0.05, 0.1) is 5.56 Å². The Morgan fingerprint density at radius 1 is 1.05 bits per heavy atom. The molecule has 0 aliphatic rings. The number of nitrogens with one attached hydrogen (secondary N) is 2. The number of nitriles is 1. The first-order valence-electron chi connectivity index (χ1n) is 5.52. The zero-order valence-electron chi connectivity index (χ0n) is 9.85. The Balaban J connectivity index is 2.06. The molecule has 0 atom stereocenters. The quantitative estimate of drug-likeness (QED) is 0.821. The van der Waals surface area contributed by atoms with Crippen LogP contribution in [0.4, 0.5) is 15.8 Å². The molecule has 0 aliphatic carbocycles. The largest absolute Gasteiger partial charge is 0.332 e. The van der Waals surface area contributed by atoms with Crippen molar-refractivity contribution in [2.24, 2.45) is 0 Å². The predicted molar refractivity (Wildman–Crippen MR) is 77.4 cm³/mol. The van der Waals surface area contributed by atoms with E-state index in [1.807, 2.05) is 30.3 Å². The molecule has 0 fully saturated rings. The minimum absolute atomic E-state index is 0.0208. The number of hydrogen-bond donors (Lipinski definition) is 2. The second kappa shape index (κ2) is 5.94. The molecule has 0 bridgehead atoms. The number of thiocarbonyl (C=S) groups is 1. The first-order valence-corrected chi connectivity index (χ1v) is 5.92. The van der Waals surface area contributed by atoms with E-state index in [0.717, 1.165) is 5.69 Å². The van der Waals surface area contributed by atoms with Crippen LogP contribution in [0, 0.1) is 17.1 Å².